The lowest BCUT2D eigenvalue weighted by Gasteiger charge is -2.11. The number of benzene rings is 2. The number of hydrogen-bond acceptors (Lipinski definition) is 2. The Kier molecular flexibility index (Phi) is 3.27. The molecule has 0 bridgehead atoms. The van der Waals surface area contributed by atoms with Crippen LogP contribution in [0.4, 0.5) is 11.4 Å². The molecule has 0 spiro atoms. The van der Waals surface area contributed by atoms with Crippen LogP contribution in [0.25, 0.3) is 10.9 Å². The lowest BCUT2D eigenvalue weighted by molar-refractivity contribution is 0.0698. The Morgan fingerprint density at radius 2 is 2.00 bits per heavy atom. The number of carboxylic acid groups (broad SMARTS) is 1. The van der Waals surface area contributed by atoms with Crippen molar-refractivity contribution in [1.82, 2.24) is 4.57 Å². The first kappa shape index (κ1) is 14.2. The Labute approximate surface area is 138 Å². The van der Waals surface area contributed by atoms with E-state index in [0.29, 0.717) is 16.8 Å². The number of nitrogens with zero attached hydrogens (tertiary/aromatic N) is 1. The minimum Gasteiger partial charge on any atom is -0.478 e. The van der Waals surface area contributed by atoms with Crippen molar-refractivity contribution >= 4 is 39.8 Å². The number of aromatic carboxylic acids is 1. The monoisotopic (exact) mass is 326 g/mol. The van der Waals surface area contributed by atoms with Crippen LogP contribution in [-0.2, 0) is 0 Å². The molecule has 0 radical (unpaired) electrons. The minimum absolute atomic E-state index is 0.160. The number of carboxylic acids is 1. The number of halogens is 1. The van der Waals surface area contributed by atoms with Gasteiger partial charge in [-0.3, -0.25) is 0 Å². The molecule has 1 aliphatic carbocycles. The molecule has 4 rings (SSSR count). The van der Waals surface area contributed by atoms with Crippen molar-refractivity contribution in [3.05, 3.63) is 59.2 Å². The molecule has 5 heteroatoms. The second kappa shape index (κ2) is 5.32. The summed E-state index contributed by atoms with van der Waals surface area (Å²) in [6, 6.07) is 13.6. The van der Waals surface area contributed by atoms with Gasteiger partial charge >= 0.3 is 5.97 Å². The van der Waals surface area contributed by atoms with Gasteiger partial charge in [-0.05, 0) is 55.3 Å². The Morgan fingerprint density at radius 1 is 1.17 bits per heavy atom. The molecule has 2 aromatic carbocycles. The van der Waals surface area contributed by atoms with Crippen molar-refractivity contribution in [2.45, 2.75) is 18.9 Å². The summed E-state index contributed by atoms with van der Waals surface area (Å²) in [6.45, 7) is 0. The smallest absolute Gasteiger partial charge is 0.337 e. The summed E-state index contributed by atoms with van der Waals surface area (Å²) in [4.78, 5) is 11.4. The Morgan fingerprint density at radius 3 is 2.74 bits per heavy atom. The quantitative estimate of drug-likeness (QED) is 0.703. The average molecular weight is 327 g/mol. The maximum Gasteiger partial charge on any atom is 0.337 e. The van der Waals surface area contributed by atoms with E-state index >= 15 is 0 Å². The largest absolute Gasteiger partial charge is 0.478 e. The van der Waals surface area contributed by atoms with Gasteiger partial charge in [0.05, 0.1) is 11.3 Å². The van der Waals surface area contributed by atoms with Crippen molar-refractivity contribution < 1.29 is 9.90 Å². The van der Waals surface area contributed by atoms with E-state index in [-0.39, 0.29) is 5.56 Å². The van der Waals surface area contributed by atoms with Crippen LogP contribution in [0.2, 0.25) is 5.02 Å². The number of carbonyl (C=O) groups is 1. The lowest BCUT2D eigenvalue weighted by Crippen LogP contribution is -2.02. The number of hydrogen-bond donors (Lipinski definition) is 2. The molecule has 4 nitrogen and oxygen atoms in total. The van der Waals surface area contributed by atoms with E-state index in [2.05, 4.69) is 28.2 Å². The normalized spacial score (nSPS) is 14.1. The Balaban J connectivity index is 1.69. The maximum atomic E-state index is 11.4. The number of aromatic nitrogens is 1. The molecule has 1 fully saturated rings. The molecular weight excluding hydrogens is 312 g/mol. The molecule has 0 saturated heterocycles. The maximum absolute atomic E-state index is 11.4. The van der Waals surface area contributed by atoms with Crippen LogP contribution in [0.1, 0.15) is 29.2 Å². The van der Waals surface area contributed by atoms with Gasteiger partial charge in [-0.25, -0.2) is 4.79 Å². The molecule has 1 heterocycles. The first-order valence-corrected chi connectivity index (χ1v) is 7.90. The van der Waals surface area contributed by atoms with E-state index in [0.717, 1.165) is 11.1 Å². The Bertz CT molecular complexity index is 913. The predicted octanol–water partition coefficient (Wildman–Crippen LogP) is 5.07. The fraction of sp³-hybridized carbons (Fsp3) is 0.167. The third-order valence-corrected chi connectivity index (χ3v) is 4.39. The zero-order valence-corrected chi connectivity index (χ0v) is 13.0. The highest BCUT2D eigenvalue weighted by molar-refractivity contribution is 6.31. The summed E-state index contributed by atoms with van der Waals surface area (Å²) in [5.41, 5.74) is 2.76. The van der Waals surface area contributed by atoms with E-state index < -0.39 is 5.97 Å². The zero-order chi connectivity index (χ0) is 16.0. The van der Waals surface area contributed by atoms with Crippen molar-refractivity contribution in [2.75, 3.05) is 5.32 Å². The zero-order valence-electron chi connectivity index (χ0n) is 12.3. The first-order valence-electron chi connectivity index (χ1n) is 7.52. The molecule has 0 aliphatic heterocycles. The van der Waals surface area contributed by atoms with E-state index in [1.165, 1.54) is 24.4 Å². The molecule has 1 aromatic heterocycles. The summed E-state index contributed by atoms with van der Waals surface area (Å²) < 4.78 is 2.31. The van der Waals surface area contributed by atoms with Crippen LogP contribution in [0.15, 0.2) is 48.7 Å². The van der Waals surface area contributed by atoms with Crippen LogP contribution < -0.4 is 5.32 Å². The summed E-state index contributed by atoms with van der Waals surface area (Å²) in [6.07, 6.45) is 4.62. The third-order valence-electron chi connectivity index (χ3n) is 4.15. The second-order valence-corrected chi connectivity index (χ2v) is 6.28. The van der Waals surface area contributed by atoms with Crippen molar-refractivity contribution in [2.24, 2.45) is 0 Å². The third kappa shape index (κ3) is 2.66. The van der Waals surface area contributed by atoms with Crippen LogP contribution in [-0.4, -0.2) is 15.6 Å². The highest BCUT2D eigenvalue weighted by Crippen LogP contribution is 2.38. The molecular formula is C18H15ClN2O2. The van der Waals surface area contributed by atoms with Crippen molar-refractivity contribution in [1.29, 1.82) is 0 Å². The van der Waals surface area contributed by atoms with E-state index in [4.69, 9.17) is 11.6 Å². The van der Waals surface area contributed by atoms with Gasteiger partial charge < -0.3 is 15.0 Å². The topological polar surface area (TPSA) is 54.3 Å². The molecule has 2 N–H and O–H groups in total. The highest BCUT2D eigenvalue weighted by atomic mass is 35.5. The summed E-state index contributed by atoms with van der Waals surface area (Å²) in [5, 5.41) is 14.0. The molecule has 0 atom stereocenters. The van der Waals surface area contributed by atoms with Gasteiger partial charge in [-0.15, -0.1) is 0 Å². The molecule has 1 aliphatic rings. The standard InChI is InChI=1S/C18H15ClN2O2/c19-12-1-5-16(15(10-12)18(22)23)20-13-2-6-17-11(9-13)7-8-21(17)14-3-4-14/h1-2,5-10,14,20H,3-4H2,(H,22,23). The van der Waals surface area contributed by atoms with Crippen LogP contribution in [0, 0.1) is 0 Å². The van der Waals surface area contributed by atoms with Gasteiger partial charge in [0, 0.05) is 33.9 Å². The van der Waals surface area contributed by atoms with E-state index in [1.807, 2.05) is 12.1 Å². The number of nitrogens with one attached hydrogen (secondary N) is 1. The van der Waals surface area contributed by atoms with Gasteiger partial charge in [0.15, 0.2) is 0 Å². The van der Waals surface area contributed by atoms with Crippen LogP contribution in [0.5, 0.6) is 0 Å². The number of fused-ring (bicyclic) bond motifs is 1. The Hall–Kier alpha value is -2.46. The van der Waals surface area contributed by atoms with Crippen LogP contribution >= 0.6 is 11.6 Å². The predicted molar refractivity (Wildman–Crippen MR) is 91.9 cm³/mol. The van der Waals surface area contributed by atoms with Gasteiger partial charge in [-0.2, -0.15) is 0 Å². The van der Waals surface area contributed by atoms with Crippen LogP contribution in [0.3, 0.4) is 0 Å². The van der Waals surface area contributed by atoms with Gasteiger partial charge in [0.1, 0.15) is 0 Å². The summed E-state index contributed by atoms with van der Waals surface area (Å²) >= 11 is 5.89. The summed E-state index contributed by atoms with van der Waals surface area (Å²) in [5.74, 6) is -1.00. The van der Waals surface area contributed by atoms with Crippen molar-refractivity contribution in [3.63, 3.8) is 0 Å². The lowest BCUT2D eigenvalue weighted by atomic mass is 10.1. The fourth-order valence-electron chi connectivity index (χ4n) is 2.87. The van der Waals surface area contributed by atoms with Crippen molar-refractivity contribution in [3.8, 4) is 0 Å². The van der Waals surface area contributed by atoms with Gasteiger partial charge in [0.2, 0.25) is 0 Å². The molecule has 0 amide bonds. The van der Waals surface area contributed by atoms with Gasteiger partial charge in [0.25, 0.3) is 0 Å². The highest BCUT2D eigenvalue weighted by Gasteiger charge is 2.24. The fourth-order valence-corrected chi connectivity index (χ4v) is 3.04. The molecule has 0 unspecified atom stereocenters. The minimum atomic E-state index is -1.00. The number of rotatable bonds is 4. The SMILES string of the molecule is O=C(O)c1cc(Cl)ccc1Nc1ccc2c(ccn2C2CC2)c1. The molecule has 116 valence electrons. The van der Waals surface area contributed by atoms with E-state index in [1.54, 1.807) is 12.1 Å². The molecule has 3 aromatic rings. The molecule has 23 heavy (non-hydrogen) atoms. The van der Waals surface area contributed by atoms with E-state index in [9.17, 15) is 9.90 Å². The first-order chi connectivity index (χ1) is 11.1. The number of anilines is 2. The molecule has 1 saturated carbocycles. The second-order valence-electron chi connectivity index (χ2n) is 5.85. The average Bonchev–Trinajstić information content (AvgIpc) is 3.29. The summed E-state index contributed by atoms with van der Waals surface area (Å²) in [7, 11) is 0. The van der Waals surface area contributed by atoms with Gasteiger partial charge in [-0.1, -0.05) is 11.6 Å².